The average molecular weight is 207 g/mol. The van der Waals surface area contributed by atoms with Crippen LogP contribution in [0.4, 0.5) is 0 Å². The first kappa shape index (κ1) is 9.96. The van der Waals surface area contributed by atoms with Crippen LogP contribution in [0.3, 0.4) is 0 Å². The standard InChI is InChI=1S/C11H13NO3/c1-15-9-7-8(3-6-12-9)11(10(13)14)4-2-5-11/h3,6-7H,2,4-5H2,1H3,(H,13,14). The van der Waals surface area contributed by atoms with E-state index in [1.807, 2.05) is 0 Å². The summed E-state index contributed by atoms with van der Waals surface area (Å²) in [5.41, 5.74) is 0.101. The predicted molar refractivity (Wildman–Crippen MR) is 54.0 cm³/mol. The van der Waals surface area contributed by atoms with Gasteiger partial charge < -0.3 is 9.84 Å². The average Bonchev–Trinajstić information content (AvgIpc) is 2.16. The molecule has 15 heavy (non-hydrogen) atoms. The zero-order valence-corrected chi connectivity index (χ0v) is 8.56. The summed E-state index contributed by atoms with van der Waals surface area (Å²) in [7, 11) is 1.53. The Balaban J connectivity index is 2.38. The Morgan fingerprint density at radius 3 is 2.80 bits per heavy atom. The summed E-state index contributed by atoms with van der Waals surface area (Å²) >= 11 is 0. The number of pyridine rings is 1. The molecule has 0 spiro atoms. The van der Waals surface area contributed by atoms with Crippen LogP contribution in [0.25, 0.3) is 0 Å². The molecule has 4 heteroatoms. The summed E-state index contributed by atoms with van der Waals surface area (Å²) in [5, 5.41) is 9.24. The second-order valence-electron chi connectivity index (χ2n) is 3.83. The highest BCUT2D eigenvalue weighted by atomic mass is 16.5. The van der Waals surface area contributed by atoms with Gasteiger partial charge in [0.25, 0.3) is 0 Å². The molecule has 1 aliphatic rings. The van der Waals surface area contributed by atoms with Crippen molar-refractivity contribution < 1.29 is 14.6 Å². The van der Waals surface area contributed by atoms with Crippen molar-refractivity contribution in [2.45, 2.75) is 24.7 Å². The van der Waals surface area contributed by atoms with Gasteiger partial charge in [-0.2, -0.15) is 0 Å². The molecule has 1 saturated carbocycles. The van der Waals surface area contributed by atoms with E-state index in [0.717, 1.165) is 12.0 Å². The third-order valence-electron chi connectivity index (χ3n) is 3.11. The van der Waals surface area contributed by atoms with E-state index in [1.165, 1.54) is 7.11 Å². The van der Waals surface area contributed by atoms with E-state index >= 15 is 0 Å². The zero-order chi connectivity index (χ0) is 10.9. The van der Waals surface area contributed by atoms with Gasteiger partial charge in [-0.3, -0.25) is 4.79 Å². The first-order valence-corrected chi connectivity index (χ1v) is 4.93. The normalized spacial score (nSPS) is 17.9. The number of hydrogen-bond donors (Lipinski definition) is 1. The molecule has 1 N–H and O–H groups in total. The van der Waals surface area contributed by atoms with Gasteiger partial charge >= 0.3 is 5.97 Å². The van der Waals surface area contributed by atoms with Crippen molar-refractivity contribution in [3.63, 3.8) is 0 Å². The summed E-state index contributed by atoms with van der Waals surface area (Å²) in [6.45, 7) is 0. The number of carbonyl (C=O) groups is 1. The number of nitrogens with zero attached hydrogens (tertiary/aromatic N) is 1. The molecule has 0 bridgehead atoms. The van der Waals surface area contributed by atoms with Gasteiger partial charge in [0.05, 0.1) is 12.5 Å². The monoisotopic (exact) mass is 207 g/mol. The molecule has 1 aromatic rings. The van der Waals surface area contributed by atoms with Crippen LogP contribution in [-0.4, -0.2) is 23.2 Å². The minimum Gasteiger partial charge on any atom is -0.481 e. The first-order valence-electron chi connectivity index (χ1n) is 4.93. The van der Waals surface area contributed by atoms with Crippen molar-refractivity contribution in [3.8, 4) is 5.88 Å². The van der Waals surface area contributed by atoms with Gasteiger partial charge in [0, 0.05) is 12.3 Å². The number of methoxy groups -OCH3 is 1. The van der Waals surface area contributed by atoms with Crippen LogP contribution in [0, 0.1) is 0 Å². The van der Waals surface area contributed by atoms with Crippen molar-refractivity contribution in [1.82, 2.24) is 4.98 Å². The second-order valence-corrected chi connectivity index (χ2v) is 3.83. The van der Waals surface area contributed by atoms with E-state index in [1.54, 1.807) is 18.3 Å². The zero-order valence-electron chi connectivity index (χ0n) is 8.56. The summed E-state index contributed by atoms with van der Waals surface area (Å²) in [6.07, 6.45) is 3.97. The maximum absolute atomic E-state index is 11.2. The Labute approximate surface area is 87.9 Å². The lowest BCUT2D eigenvalue weighted by molar-refractivity contribution is -0.147. The van der Waals surface area contributed by atoms with Gasteiger partial charge in [-0.05, 0) is 24.5 Å². The van der Waals surface area contributed by atoms with Crippen LogP contribution in [0.1, 0.15) is 24.8 Å². The molecule has 1 aromatic heterocycles. The SMILES string of the molecule is COc1cc(C2(C(=O)O)CCC2)ccn1. The molecule has 0 unspecified atom stereocenters. The third kappa shape index (κ3) is 1.46. The van der Waals surface area contributed by atoms with Crippen molar-refractivity contribution in [2.24, 2.45) is 0 Å². The third-order valence-corrected chi connectivity index (χ3v) is 3.11. The van der Waals surface area contributed by atoms with Gasteiger partial charge in [0.2, 0.25) is 5.88 Å². The van der Waals surface area contributed by atoms with E-state index in [4.69, 9.17) is 4.74 Å². The smallest absolute Gasteiger partial charge is 0.314 e. The highest BCUT2D eigenvalue weighted by molar-refractivity contribution is 5.82. The Bertz CT molecular complexity index is 385. The highest BCUT2D eigenvalue weighted by Crippen LogP contribution is 2.44. The maximum Gasteiger partial charge on any atom is 0.314 e. The molecule has 80 valence electrons. The Hall–Kier alpha value is -1.58. The Morgan fingerprint density at radius 2 is 2.33 bits per heavy atom. The van der Waals surface area contributed by atoms with Crippen molar-refractivity contribution in [3.05, 3.63) is 23.9 Å². The van der Waals surface area contributed by atoms with Crippen LogP contribution >= 0.6 is 0 Å². The second kappa shape index (κ2) is 3.53. The molecular formula is C11H13NO3. The fraction of sp³-hybridized carbons (Fsp3) is 0.455. The summed E-state index contributed by atoms with van der Waals surface area (Å²) in [6, 6.07) is 3.48. The Kier molecular flexibility index (Phi) is 2.34. The first-order chi connectivity index (χ1) is 7.19. The fourth-order valence-corrected chi connectivity index (χ4v) is 1.98. The minimum atomic E-state index is -0.748. The van der Waals surface area contributed by atoms with Gasteiger partial charge in [-0.1, -0.05) is 6.42 Å². The van der Waals surface area contributed by atoms with E-state index in [2.05, 4.69) is 4.98 Å². The summed E-state index contributed by atoms with van der Waals surface area (Å²) < 4.78 is 4.99. The lowest BCUT2D eigenvalue weighted by atomic mass is 9.65. The number of rotatable bonds is 3. The van der Waals surface area contributed by atoms with Crippen LogP contribution in [-0.2, 0) is 10.2 Å². The van der Waals surface area contributed by atoms with Gasteiger partial charge in [0.15, 0.2) is 0 Å². The summed E-state index contributed by atoms with van der Waals surface area (Å²) in [4.78, 5) is 15.2. The molecule has 1 fully saturated rings. The molecule has 2 rings (SSSR count). The molecule has 0 atom stereocenters. The van der Waals surface area contributed by atoms with Crippen LogP contribution in [0.15, 0.2) is 18.3 Å². The quantitative estimate of drug-likeness (QED) is 0.817. The van der Waals surface area contributed by atoms with Crippen LogP contribution in [0.2, 0.25) is 0 Å². The molecule has 0 aliphatic heterocycles. The number of aliphatic carboxylic acids is 1. The maximum atomic E-state index is 11.2. The molecular weight excluding hydrogens is 194 g/mol. The van der Waals surface area contributed by atoms with Gasteiger partial charge in [-0.15, -0.1) is 0 Å². The number of ether oxygens (including phenoxy) is 1. The molecule has 1 aliphatic carbocycles. The topological polar surface area (TPSA) is 59.4 Å². The van der Waals surface area contributed by atoms with E-state index in [0.29, 0.717) is 18.7 Å². The molecule has 0 aromatic carbocycles. The van der Waals surface area contributed by atoms with E-state index < -0.39 is 11.4 Å². The highest BCUT2D eigenvalue weighted by Gasteiger charge is 2.46. The molecule has 4 nitrogen and oxygen atoms in total. The van der Waals surface area contributed by atoms with E-state index in [9.17, 15) is 9.90 Å². The van der Waals surface area contributed by atoms with Crippen LogP contribution in [0.5, 0.6) is 5.88 Å². The number of aromatic nitrogens is 1. The Morgan fingerprint density at radius 1 is 1.60 bits per heavy atom. The fourth-order valence-electron chi connectivity index (χ4n) is 1.98. The molecule has 0 saturated heterocycles. The van der Waals surface area contributed by atoms with Crippen molar-refractivity contribution in [2.75, 3.05) is 7.11 Å². The number of hydrogen-bond acceptors (Lipinski definition) is 3. The molecule has 1 heterocycles. The minimum absolute atomic E-state index is 0.472. The largest absolute Gasteiger partial charge is 0.481 e. The van der Waals surface area contributed by atoms with Crippen molar-refractivity contribution in [1.29, 1.82) is 0 Å². The molecule has 0 radical (unpaired) electrons. The lowest BCUT2D eigenvalue weighted by Gasteiger charge is -2.38. The lowest BCUT2D eigenvalue weighted by Crippen LogP contribution is -2.42. The number of carboxylic acids is 1. The van der Waals surface area contributed by atoms with Gasteiger partial charge in [0.1, 0.15) is 0 Å². The van der Waals surface area contributed by atoms with Gasteiger partial charge in [-0.25, -0.2) is 4.98 Å². The van der Waals surface area contributed by atoms with Crippen LogP contribution < -0.4 is 4.74 Å². The predicted octanol–water partition coefficient (Wildman–Crippen LogP) is 1.60. The number of carboxylic acid groups (broad SMARTS) is 1. The molecule has 0 amide bonds. The van der Waals surface area contributed by atoms with E-state index in [-0.39, 0.29) is 0 Å². The van der Waals surface area contributed by atoms with Crippen molar-refractivity contribution >= 4 is 5.97 Å². The summed E-state index contributed by atoms with van der Waals surface area (Å²) in [5.74, 6) is -0.276.